The first-order valence-electron chi connectivity index (χ1n) is 10.1. The average molecular weight is 451 g/mol. The zero-order valence-corrected chi connectivity index (χ0v) is 18.7. The molecular weight excluding hydrogens is 422 g/mol. The largest absolute Gasteiger partial charge is 0.351 e. The molecule has 0 amide bonds. The summed E-state index contributed by atoms with van der Waals surface area (Å²) in [5.41, 5.74) is 0.574. The first-order chi connectivity index (χ1) is 14.9. The minimum atomic E-state index is -2.81. The fourth-order valence-electron chi connectivity index (χ4n) is 3.75. The van der Waals surface area contributed by atoms with E-state index < -0.39 is 12.1 Å². The minimum absolute atomic E-state index is 0.261. The van der Waals surface area contributed by atoms with E-state index in [1.165, 1.54) is 12.4 Å². The Hall–Kier alpha value is -2.37. The number of rotatable bonds is 9. The lowest BCUT2D eigenvalue weighted by Gasteiger charge is -2.46. The van der Waals surface area contributed by atoms with Crippen molar-refractivity contribution >= 4 is 29.6 Å². The molecule has 31 heavy (non-hydrogen) atoms. The Labute approximate surface area is 185 Å². The number of halogens is 2. The third-order valence-electron chi connectivity index (χ3n) is 5.46. The van der Waals surface area contributed by atoms with E-state index in [4.69, 9.17) is 5.41 Å². The average Bonchev–Trinajstić information content (AvgIpc) is 3.25. The van der Waals surface area contributed by atoms with Gasteiger partial charge in [-0.1, -0.05) is 18.9 Å². The summed E-state index contributed by atoms with van der Waals surface area (Å²) in [7, 11) is 0. The number of alkyl halides is 2. The van der Waals surface area contributed by atoms with Crippen LogP contribution < -0.4 is 9.62 Å². The van der Waals surface area contributed by atoms with Crippen LogP contribution in [0.3, 0.4) is 0 Å². The summed E-state index contributed by atoms with van der Waals surface area (Å²) in [5.74, 6) is 1.22. The highest BCUT2D eigenvalue weighted by atomic mass is 32.2. The van der Waals surface area contributed by atoms with Crippen molar-refractivity contribution in [1.29, 1.82) is 5.41 Å². The van der Waals surface area contributed by atoms with Crippen molar-refractivity contribution in [2.45, 2.75) is 32.4 Å². The molecule has 0 bridgehead atoms. The molecule has 2 aromatic heterocycles. The topological polar surface area (TPSA) is 96.8 Å². The molecule has 1 aliphatic heterocycles. The quantitative estimate of drug-likeness (QED) is 0.399. The van der Waals surface area contributed by atoms with Gasteiger partial charge in [0.25, 0.3) is 6.43 Å². The maximum atomic E-state index is 12.5. The molecule has 168 valence electrons. The van der Waals surface area contributed by atoms with E-state index in [1.54, 1.807) is 18.1 Å². The Morgan fingerprint density at radius 1 is 1.39 bits per heavy atom. The highest BCUT2D eigenvalue weighted by molar-refractivity contribution is 7.96. The van der Waals surface area contributed by atoms with Gasteiger partial charge < -0.3 is 9.88 Å². The molecule has 0 aliphatic carbocycles. The van der Waals surface area contributed by atoms with Crippen LogP contribution in [0.15, 0.2) is 24.7 Å². The van der Waals surface area contributed by atoms with Gasteiger partial charge in [0.05, 0.1) is 23.3 Å². The molecule has 3 rings (SSSR count). The summed E-state index contributed by atoms with van der Waals surface area (Å²) < 4.78 is 28.3. The van der Waals surface area contributed by atoms with Gasteiger partial charge in [-0.05, 0) is 31.9 Å². The van der Waals surface area contributed by atoms with Crippen molar-refractivity contribution in [2.75, 3.05) is 37.3 Å². The molecule has 1 saturated heterocycles. The highest BCUT2D eigenvalue weighted by Gasteiger charge is 2.33. The zero-order valence-electron chi connectivity index (χ0n) is 17.8. The molecule has 0 aromatic carbocycles. The van der Waals surface area contributed by atoms with Crippen LogP contribution in [0.25, 0.3) is 17.5 Å². The number of likely N-dealkylation sites (N-methyl/N-ethyl adjacent to an activating group) is 1. The molecule has 3 heterocycles. The van der Waals surface area contributed by atoms with Crippen LogP contribution in [0.2, 0.25) is 0 Å². The van der Waals surface area contributed by atoms with Crippen LogP contribution in [0.5, 0.6) is 0 Å². The van der Waals surface area contributed by atoms with Gasteiger partial charge in [0.1, 0.15) is 18.0 Å². The molecule has 2 unspecified atom stereocenters. The number of piperazine rings is 1. The van der Waals surface area contributed by atoms with Crippen molar-refractivity contribution in [2.24, 2.45) is 0 Å². The number of aromatic amines is 1. The molecular formula is C20H28F2N8S. The molecule has 8 nitrogen and oxygen atoms in total. The molecule has 0 radical (unpaired) electrons. The van der Waals surface area contributed by atoms with Crippen molar-refractivity contribution in [3.63, 3.8) is 0 Å². The number of hydrogen-bond acceptors (Lipinski definition) is 8. The smallest absolute Gasteiger partial charge is 0.279 e. The van der Waals surface area contributed by atoms with Crippen LogP contribution in [0.4, 0.5) is 14.6 Å². The molecule has 2 aromatic rings. The maximum absolute atomic E-state index is 12.5. The van der Waals surface area contributed by atoms with Crippen LogP contribution in [0, 0.1) is 5.41 Å². The normalized spacial score (nSPS) is 20.1. The Morgan fingerprint density at radius 2 is 2.19 bits per heavy atom. The number of H-pyrrole nitrogens is 1. The molecule has 2 atom stereocenters. The second kappa shape index (κ2) is 10.8. The second-order valence-corrected chi connectivity index (χ2v) is 7.91. The number of nitrogens with one attached hydrogen (secondary N) is 3. The van der Waals surface area contributed by atoms with Crippen molar-refractivity contribution in [3.8, 4) is 11.4 Å². The third-order valence-corrected chi connectivity index (χ3v) is 5.92. The van der Waals surface area contributed by atoms with Gasteiger partial charge in [-0.15, -0.1) is 0 Å². The molecule has 0 saturated carbocycles. The van der Waals surface area contributed by atoms with E-state index in [-0.39, 0.29) is 6.04 Å². The van der Waals surface area contributed by atoms with Gasteiger partial charge in [0, 0.05) is 37.8 Å². The first-order valence-corrected chi connectivity index (χ1v) is 11.4. The van der Waals surface area contributed by atoms with E-state index in [2.05, 4.69) is 48.3 Å². The van der Waals surface area contributed by atoms with E-state index in [9.17, 15) is 8.78 Å². The predicted molar refractivity (Wildman–Crippen MR) is 122 cm³/mol. The summed E-state index contributed by atoms with van der Waals surface area (Å²) in [6.07, 6.45) is 4.75. The van der Waals surface area contributed by atoms with Gasteiger partial charge in [0.2, 0.25) is 0 Å². The van der Waals surface area contributed by atoms with Gasteiger partial charge in [-0.2, -0.15) is 0 Å². The lowest BCUT2D eigenvalue weighted by atomic mass is 10.0. The highest BCUT2D eigenvalue weighted by Crippen LogP contribution is 2.25. The van der Waals surface area contributed by atoms with Crippen molar-refractivity contribution in [3.05, 3.63) is 30.5 Å². The van der Waals surface area contributed by atoms with E-state index in [0.29, 0.717) is 23.3 Å². The number of anilines is 1. The number of aromatic nitrogens is 4. The van der Waals surface area contributed by atoms with E-state index in [1.807, 2.05) is 12.3 Å². The lowest BCUT2D eigenvalue weighted by Crippen LogP contribution is -2.61. The summed E-state index contributed by atoms with van der Waals surface area (Å²) in [6.45, 7) is 8.11. The molecule has 0 spiro atoms. The first kappa shape index (κ1) is 23.3. The van der Waals surface area contributed by atoms with E-state index >= 15 is 0 Å². The second-order valence-electron chi connectivity index (χ2n) is 7.22. The summed E-state index contributed by atoms with van der Waals surface area (Å²) in [4.78, 5) is 20.8. The number of allylic oxidation sites excluding steroid dienone is 1. The third kappa shape index (κ3) is 5.66. The van der Waals surface area contributed by atoms with Gasteiger partial charge in [-0.3, -0.25) is 15.0 Å². The van der Waals surface area contributed by atoms with Gasteiger partial charge in [0.15, 0.2) is 0 Å². The molecule has 3 N–H and O–H groups in total. The van der Waals surface area contributed by atoms with Crippen molar-refractivity contribution < 1.29 is 8.78 Å². The van der Waals surface area contributed by atoms with Crippen molar-refractivity contribution in [1.82, 2.24) is 29.6 Å². The summed E-state index contributed by atoms with van der Waals surface area (Å²) in [6, 6.07) is 2.54. The Kier molecular flexibility index (Phi) is 8.10. The summed E-state index contributed by atoms with van der Waals surface area (Å²) in [5, 5.41) is 7.20. The van der Waals surface area contributed by atoms with E-state index in [0.717, 1.165) is 38.1 Å². The van der Waals surface area contributed by atoms with Gasteiger partial charge in [-0.25, -0.2) is 23.7 Å². The zero-order chi connectivity index (χ0) is 22.4. The number of imidazole rings is 1. The standard InChI is InChI=1S/C20H28F2N8S/c1-4-29-7-8-30(13(2)17(29)11-27-31-3)19-9-15(25-12-26-19)16-10-24-18(28-16)6-5-14(23)20(21)22/h5-6,9-10,12-13,17,20,23,27H,4,7-8,11H2,1-3H3,(H,24,28)/b6-5-,23-14?. The molecule has 1 aliphatic rings. The number of nitrogens with zero attached hydrogens (tertiary/aromatic N) is 5. The molecule has 1 fully saturated rings. The monoisotopic (exact) mass is 450 g/mol. The SMILES string of the molecule is CCN1CCN(c2cc(-c3cnc(/C=C\C(=N)C(F)F)[nH]3)ncn2)C(C)C1CNSC. The van der Waals surface area contributed by atoms with Crippen LogP contribution >= 0.6 is 11.9 Å². The fraction of sp³-hybridized carbons (Fsp3) is 0.500. The Morgan fingerprint density at radius 3 is 2.90 bits per heavy atom. The molecule has 11 heteroatoms. The van der Waals surface area contributed by atoms with Gasteiger partial charge >= 0.3 is 0 Å². The lowest BCUT2D eigenvalue weighted by molar-refractivity contribution is 0.155. The van der Waals surface area contributed by atoms with Crippen LogP contribution in [-0.2, 0) is 0 Å². The Bertz CT molecular complexity index is 903. The Balaban J connectivity index is 1.78. The maximum Gasteiger partial charge on any atom is 0.279 e. The minimum Gasteiger partial charge on any atom is -0.351 e. The fourth-order valence-corrected chi connectivity index (χ4v) is 4.08. The van der Waals surface area contributed by atoms with Crippen LogP contribution in [0.1, 0.15) is 19.7 Å². The summed E-state index contributed by atoms with van der Waals surface area (Å²) >= 11 is 1.62. The van der Waals surface area contributed by atoms with Crippen LogP contribution in [-0.4, -0.2) is 81.5 Å². The predicted octanol–water partition coefficient (Wildman–Crippen LogP) is 2.93. The number of hydrogen-bond donors (Lipinski definition) is 3.